The van der Waals surface area contributed by atoms with E-state index < -0.39 is 17.4 Å². The van der Waals surface area contributed by atoms with E-state index in [1.165, 1.54) is 0 Å². The number of nitrogens with one attached hydrogen (secondary N) is 1. The molecule has 118 valence electrons. The molecule has 4 fully saturated rings. The maximum absolute atomic E-state index is 13.6. The van der Waals surface area contributed by atoms with E-state index in [9.17, 15) is 13.6 Å². The summed E-state index contributed by atoms with van der Waals surface area (Å²) in [6, 6.07) is 0.253. The number of piperazine rings is 1. The average Bonchev–Trinajstić information content (AvgIpc) is 2.90. The van der Waals surface area contributed by atoms with Gasteiger partial charge in [0.05, 0.1) is 11.5 Å². The molecule has 4 atom stereocenters. The number of hydrogen-bond donors (Lipinski definition) is 1. The predicted molar refractivity (Wildman–Crippen MR) is 74.2 cm³/mol. The quantitative estimate of drug-likeness (QED) is 0.828. The molecule has 1 aliphatic carbocycles. The lowest BCUT2D eigenvalue weighted by Crippen LogP contribution is -2.68. The summed E-state index contributed by atoms with van der Waals surface area (Å²) in [5.41, 5.74) is -1.06. The largest absolute Gasteiger partial charge is 0.333 e. The van der Waals surface area contributed by atoms with Crippen molar-refractivity contribution in [2.75, 3.05) is 19.6 Å². The van der Waals surface area contributed by atoms with Crippen molar-refractivity contribution < 1.29 is 13.6 Å². The first-order valence-corrected chi connectivity index (χ1v) is 8.03. The van der Waals surface area contributed by atoms with Crippen LogP contribution in [-0.2, 0) is 4.79 Å². The molecule has 21 heavy (non-hydrogen) atoms. The van der Waals surface area contributed by atoms with Gasteiger partial charge in [0.25, 0.3) is 5.92 Å². The van der Waals surface area contributed by atoms with Crippen LogP contribution in [0.25, 0.3) is 0 Å². The lowest BCUT2D eigenvalue weighted by molar-refractivity contribution is -0.147. The Labute approximate surface area is 123 Å². The van der Waals surface area contributed by atoms with Crippen LogP contribution in [0, 0.1) is 5.41 Å². The molecule has 2 bridgehead atoms. The van der Waals surface area contributed by atoms with E-state index in [-0.39, 0.29) is 31.0 Å². The number of alkyl halides is 2. The molecule has 4 nitrogen and oxygen atoms in total. The Bertz CT molecular complexity index is 470. The second kappa shape index (κ2) is 4.16. The molecule has 1 N–H and O–H groups in total. The van der Waals surface area contributed by atoms with Gasteiger partial charge in [0.15, 0.2) is 0 Å². The molecule has 4 unspecified atom stereocenters. The van der Waals surface area contributed by atoms with Gasteiger partial charge >= 0.3 is 0 Å². The Morgan fingerprint density at radius 3 is 2.19 bits per heavy atom. The van der Waals surface area contributed by atoms with Gasteiger partial charge < -0.3 is 10.2 Å². The summed E-state index contributed by atoms with van der Waals surface area (Å²) >= 11 is 0. The lowest BCUT2D eigenvalue weighted by atomic mass is 9.85. The van der Waals surface area contributed by atoms with Crippen molar-refractivity contribution in [1.82, 2.24) is 15.1 Å². The molecule has 0 aromatic rings. The van der Waals surface area contributed by atoms with Gasteiger partial charge in [-0.25, -0.2) is 8.78 Å². The Hall–Kier alpha value is -0.750. The summed E-state index contributed by atoms with van der Waals surface area (Å²) in [6.07, 6.45) is 1.90. The highest BCUT2D eigenvalue weighted by Gasteiger charge is 2.80. The summed E-state index contributed by atoms with van der Waals surface area (Å²) in [4.78, 5) is 17.1. The number of rotatable bonds is 2. The van der Waals surface area contributed by atoms with Crippen molar-refractivity contribution in [3.05, 3.63) is 0 Å². The first-order chi connectivity index (χ1) is 9.86. The highest BCUT2D eigenvalue weighted by atomic mass is 19.3. The second-order valence-electron chi connectivity index (χ2n) is 7.53. The third kappa shape index (κ3) is 1.75. The van der Waals surface area contributed by atoms with Crippen LogP contribution in [0.3, 0.4) is 0 Å². The molecule has 3 saturated heterocycles. The number of nitrogens with zero attached hydrogens (tertiary/aromatic N) is 2. The van der Waals surface area contributed by atoms with Crippen molar-refractivity contribution in [3.63, 3.8) is 0 Å². The standard InChI is InChI=1S/C15H23F2N3O/c1-9(2)19-5-10-3-4-11(6-19)20(10)13(21)12-14(8-18-12)7-15(14,16)17/h9-12,18H,3-8H2,1-2H3. The molecule has 3 aliphatic heterocycles. The van der Waals surface area contributed by atoms with Gasteiger partial charge in [-0.15, -0.1) is 0 Å². The van der Waals surface area contributed by atoms with E-state index >= 15 is 0 Å². The van der Waals surface area contributed by atoms with Crippen molar-refractivity contribution in [2.45, 2.75) is 63.2 Å². The topological polar surface area (TPSA) is 35.6 Å². The number of fused-ring (bicyclic) bond motifs is 2. The van der Waals surface area contributed by atoms with Crippen molar-refractivity contribution in [2.24, 2.45) is 5.41 Å². The molecule has 1 spiro atoms. The van der Waals surface area contributed by atoms with Gasteiger partial charge in [0, 0.05) is 44.2 Å². The number of likely N-dealkylation sites (tertiary alicyclic amines) is 1. The Balaban J connectivity index is 1.50. The van der Waals surface area contributed by atoms with Crippen LogP contribution < -0.4 is 5.32 Å². The fourth-order valence-electron chi connectivity index (χ4n) is 4.50. The van der Waals surface area contributed by atoms with Crippen molar-refractivity contribution in [1.29, 1.82) is 0 Å². The van der Waals surface area contributed by atoms with Crippen LogP contribution in [0.5, 0.6) is 0 Å². The molecule has 0 aromatic heterocycles. The number of hydrogen-bond acceptors (Lipinski definition) is 3. The van der Waals surface area contributed by atoms with E-state index in [1.807, 2.05) is 4.90 Å². The highest BCUT2D eigenvalue weighted by Crippen LogP contribution is 2.66. The fraction of sp³-hybridized carbons (Fsp3) is 0.933. The summed E-state index contributed by atoms with van der Waals surface area (Å²) in [5.74, 6) is -2.72. The van der Waals surface area contributed by atoms with Crippen molar-refractivity contribution in [3.8, 4) is 0 Å². The minimum Gasteiger partial charge on any atom is -0.333 e. The minimum absolute atomic E-state index is 0.0747. The number of amides is 1. The van der Waals surface area contributed by atoms with Gasteiger partial charge in [-0.1, -0.05) is 0 Å². The average molecular weight is 299 g/mol. The Morgan fingerprint density at radius 1 is 1.24 bits per heavy atom. The first kappa shape index (κ1) is 13.9. The Kier molecular flexibility index (Phi) is 2.75. The Morgan fingerprint density at radius 2 is 1.81 bits per heavy atom. The summed E-state index contributed by atoms with van der Waals surface area (Å²) in [5, 5.41) is 2.97. The van der Waals surface area contributed by atoms with Crippen LogP contribution in [-0.4, -0.2) is 65.4 Å². The smallest absolute Gasteiger partial charge is 0.258 e. The molecular formula is C15H23F2N3O. The third-order valence-corrected chi connectivity index (χ3v) is 6.06. The van der Waals surface area contributed by atoms with E-state index in [1.54, 1.807) is 0 Å². The van der Waals surface area contributed by atoms with E-state index in [0.29, 0.717) is 6.04 Å². The van der Waals surface area contributed by atoms with Crippen LogP contribution in [0.4, 0.5) is 8.78 Å². The van der Waals surface area contributed by atoms with Gasteiger partial charge in [-0.05, 0) is 26.7 Å². The molecule has 3 heterocycles. The van der Waals surface area contributed by atoms with E-state index in [4.69, 9.17) is 0 Å². The molecule has 1 saturated carbocycles. The zero-order valence-corrected chi connectivity index (χ0v) is 12.6. The predicted octanol–water partition coefficient (Wildman–Crippen LogP) is 1.07. The maximum atomic E-state index is 13.6. The fourth-order valence-corrected chi connectivity index (χ4v) is 4.50. The number of carbonyl (C=O) groups is 1. The lowest BCUT2D eigenvalue weighted by Gasteiger charge is -2.47. The first-order valence-electron chi connectivity index (χ1n) is 8.03. The molecule has 1 amide bonds. The molecule has 0 aromatic carbocycles. The zero-order chi connectivity index (χ0) is 15.0. The molecular weight excluding hydrogens is 276 g/mol. The summed E-state index contributed by atoms with van der Waals surface area (Å²) < 4.78 is 27.1. The van der Waals surface area contributed by atoms with Crippen LogP contribution in [0.2, 0.25) is 0 Å². The van der Waals surface area contributed by atoms with E-state index in [2.05, 4.69) is 24.1 Å². The third-order valence-electron chi connectivity index (χ3n) is 6.06. The van der Waals surface area contributed by atoms with Gasteiger partial charge in [0.1, 0.15) is 0 Å². The van der Waals surface area contributed by atoms with Gasteiger partial charge in [-0.2, -0.15) is 0 Å². The van der Waals surface area contributed by atoms with Crippen LogP contribution >= 0.6 is 0 Å². The summed E-state index contributed by atoms with van der Waals surface area (Å²) in [7, 11) is 0. The number of carbonyl (C=O) groups excluding carboxylic acids is 1. The highest BCUT2D eigenvalue weighted by molar-refractivity contribution is 5.86. The van der Waals surface area contributed by atoms with Crippen LogP contribution in [0.1, 0.15) is 33.1 Å². The monoisotopic (exact) mass is 299 g/mol. The zero-order valence-electron chi connectivity index (χ0n) is 12.6. The van der Waals surface area contributed by atoms with Crippen molar-refractivity contribution >= 4 is 5.91 Å². The maximum Gasteiger partial charge on any atom is 0.258 e. The van der Waals surface area contributed by atoms with Crippen LogP contribution in [0.15, 0.2) is 0 Å². The number of halogens is 2. The second-order valence-corrected chi connectivity index (χ2v) is 7.53. The molecule has 6 heteroatoms. The van der Waals surface area contributed by atoms with E-state index in [0.717, 1.165) is 25.9 Å². The molecule has 4 aliphatic rings. The SMILES string of the molecule is CC(C)N1CC2CCC(C1)N2C(=O)C1NCC12CC2(F)F. The molecule has 4 rings (SSSR count). The normalized spacial score (nSPS) is 44.2. The van der Waals surface area contributed by atoms with Gasteiger partial charge in [0.2, 0.25) is 5.91 Å². The minimum atomic E-state index is -2.64. The summed E-state index contributed by atoms with van der Waals surface area (Å²) in [6.45, 7) is 6.40. The molecule has 0 radical (unpaired) electrons. The van der Waals surface area contributed by atoms with Gasteiger partial charge in [-0.3, -0.25) is 9.69 Å².